The molecule has 1 heterocycles. The largest absolute Gasteiger partial charge is 0.493 e. The van der Waals surface area contributed by atoms with Crippen LogP contribution in [0.4, 0.5) is 8.78 Å². The topological polar surface area (TPSA) is 58.6 Å². The fourth-order valence-electron chi connectivity index (χ4n) is 3.55. The highest BCUT2D eigenvalue weighted by Gasteiger charge is 2.26. The normalized spacial score (nSPS) is 16.9. The average molecular weight is 414 g/mol. The minimum atomic E-state index is -0.707. The van der Waals surface area contributed by atoms with E-state index in [1.807, 2.05) is 0 Å². The number of piperidine rings is 1. The lowest BCUT2D eigenvalue weighted by Gasteiger charge is -2.32. The summed E-state index contributed by atoms with van der Waals surface area (Å²) in [6.45, 7) is 1.45. The van der Waals surface area contributed by atoms with Crippen molar-refractivity contribution in [2.75, 3.05) is 19.7 Å². The second-order valence-corrected chi connectivity index (χ2v) is 7.94. The second-order valence-electron chi connectivity index (χ2n) is 7.94. The number of hydrogen-bond acceptors (Lipinski definition) is 3. The van der Waals surface area contributed by atoms with Crippen molar-refractivity contribution in [2.24, 2.45) is 5.92 Å². The zero-order chi connectivity index (χ0) is 21.1. The maximum absolute atomic E-state index is 13.8. The number of likely N-dealkylation sites (tertiary alicyclic amines) is 1. The number of amides is 2. The summed E-state index contributed by atoms with van der Waals surface area (Å²) < 4.78 is 33.0. The first-order valence-corrected chi connectivity index (χ1v) is 10.3. The Kier molecular flexibility index (Phi) is 5.97. The fraction of sp³-hybridized carbons (Fsp3) is 0.391. The van der Waals surface area contributed by atoms with Crippen LogP contribution in [0.2, 0.25) is 0 Å². The van der Waals surface area contributed by atoms with Crippen molar-refractivity contribution in [1.82, 2.24) is 10.2 Å². The molecule has 4 rings (SSSR count). The number of nitrogens with one attached hydrogen (secondary N) is 1. The number of nitrogens with zero attached hydrogens (tertiary/aromatic N) is 1. The van der Waals surface area contributed by atoms with Gasteiger partial charge in [-0.25, -0.2) is 8.78 Å². The summed E-state index contributed by atoms with van der Waals surface area (Å²) in [5, 5.41) is 2.95. The van der Waals surface area contributed by atoms with Gasteiger partial charge in [0.2, 0.25) is 0 Å². The SMILES string of the molecule is O=C(NC1CC1)c1ccc(OCC2CCN(C(=O)c3cc(F)ccc3F)CC2)cc1. The maximum Gasteiger partial charge on any atom is 0.256 e. The van der Waals surface area contributed by atoms with Crippen molar-refractivity contribution in [2.45, 2.75) is 31.7 Å². The first-order valence-electron chi connectivity index (χ1n) is 10.3. The average Bonchev–Trinajstić information content (AvgIpc) is 3.58. The van der Waals surface area contributed by atoms with Gasteiger partial charge in [0, 0.05) is 24.7 Å². The predicted molar refractivity (Wildman–Crippen MR) is 107 cm³/mol. The van der Waals surface area contributed by atoms with E-state index >= 15 is 0 Å². The second kappa shape index (κ2) is 8.81. The Labute approximate surface area is 174 Å². The minimum absolute atomic E-state index is 0.0594. The molecule has 1 saturated carbocycles. The molecule has 2 aliphatic rings. The first-order chi connectivity index (χ1) is 14.5. The van der Waals surface area contributed by atoms with Crippen molar-refractivity contribution in [1.29, 1.82) is 0 Å². The van der Waals surface area contributed by atoms with E-state index < -0.39 is 17.5 Å². The molecule has 2 fully saturated rings. The number of halogens is 2. The summed E-state index contributed by atoms with van der Waals surface area (Å²) in [6, 6.07) is 10.3. The van der Waals surface area contributed by atoms with Gasteiger partial charge in [-0.1, -0.05) is 0 Å². The molecule has 2 amide bonds. The molecule has 7 heteroatoms. The summed E-state index contributed by atoms with van der Waals surface area (Å²) in [5.41, 5.74) is 0.390. The van der Waals surface area contributed by atoms with Crippen molar-refractivity contribution < 1.29 is 23.1 Å². The number of carbonyl (C=O) groups excluding carboxylic acids is 2. The summed E-state index contributed by atoms with van der Waals surface area (Å²) in [7, 11) is 0. The smallest absolute Gasteiger partial charge is 0.256 e. The third kappa shape index (κ3) is 4.96. The van der Waals surface area contributed by atoms with Crippen LogP contribution in [0.5, 0.6) is 5.75 Å². The molecule has 0 aromatic heterocycles. The Balaban J connectivity index is 1.24. The fourth-order valence-corrected chi connectivity index (χ4v) is 3.55. The van der Waals surface area contributed by atoms with Crippen LogP contribution in [0, 0.1) is 17.6 Å². The Morgan fingerprint density at radius 2 is 1.70 bits per heavy atom. The molecule has 0 bridgehead atoms. The summed E-state index contributed by atoms with van der Waals surface area (Å²) in [6.07, 6.45) is 3.55. The number of rotatable bonds is 6. The van der Waals surface area contributed by atoms with Crippen molar-refractivity contribution in [3.63, 3.8) is 0 Å². The van der Waals surface area contributed by atoms with Crippen molar-refractivity contribution in [3.8, 4) is 5.75 Å². The van der Waals surface area contributed by atoms with Crippen LogP contribution in [0.1, 0.15) is 46.4 Å². The van der Waals surface area contributed by atoms with E-state index in [1.54, 1.807) is 29.2 Å². The van der Waals surface area contributed by atoms with E-state index in [4.69, 9.17) is 4.74 Å². The summed E-state index contributed by atoms with van der Waals surface area (Å²) >= 11 is 0. The van der Waals surface area contributed by atoms with Crippen LogP contribution in [-0.2, 0) is 0 Å². The third-order valence-corrected chi connectivity index (χ3v) is 5.58. The van der Waals surface area contributed by atoms with Gasteiger partial charge >= 0.3 is 0 Å². The lowest BCUT2D eigenvalue weighted by Crippen LogP contribution is -2.40. The molecule has 1 aliphatic heterocycles. The summed E-state index contributed by atoms with van der Waals surface area (Å²) in [4.78, 5) is 26.0. The Hall–Kier alpha value is -2.96. The molecule has 30 heavy (non-hydrogen) atoms. The highest BCUT2D eigenvalue weighted by Crippen LogP contribution is 2.23. The Morgan fingerprint density at radius 3 is 2.37 bits per heavy atom. The number of hydrogen-bond donors (Lipinski definition) is 1. The van der Waals surface area contributed by atoms with Gasteiger partial charge in [-0.05, 0) is 74.1 Å². The van der Waals surface area contributed by atoms with E-state index in [-0.39, 0.29) is 17.4 Å². The van der Waals surface area contributed by atoms with Crippen LogP contribution in [0.25, 0.3) is 0 Å². The number of ether oxygens (including phenoxy) is 1. The predicted octanol–water partition coefficient (Wildman–Crippen LogP) is 3.79. The number of carbonyl (C=O) groups is 2. The van der Waals surface area contributed by atoms with Crippen molar-refractivity contribution >= 4 is 11.8 Å². The third-order valence-electron chi connectivity index (χ3n) is 5.58. The van der Waals surface area contributed by atoms with Crippen LogP contribution in [-0.4, -0.2) is 42.5 Å². The van der Waals surface area contributed by atoms with E-state index in [0.717, 1.165) is 43.9 Å². The zero-order valence-corrected chi connectivity index (χ0v) is 16.6. The molecule has 0 atom stereocenters. The molecule has 0 unspecified atom stereocenters. The standard InChI is InChI=1S/C23H24F2N2O3/c24-17-3-8-21(25)20(13-17)23(29)27-11-9-15(10-12-27)14-30-19-6-1-16(2-7-19)22(28)26-18-4-5-18/h1-3,6-8,13,15,18H,4-5,9-12,14H2,(H,26,28). The molecule has 2 aromatic carbocycles. The summed E-state index contributed by atoms with van der Waals surface area (Å²) in [5.74, 6) is -0.912. The van der Waals surface area contributed by atoms with Crippen LogP contribution < -0.4 is 10.1 Å². The van der Waals surface area contributed by atoms with Gasteiger partial charge < -0.3 is 15.0 Å². The van der Waals surface area contributed by atoms with Gasteiger partial charge in [0.1, 0.15) is 17.4 Å². The quantitative estimate of drug-likeness (QED) is 0.783. The van der Waals surface area contributed by atoms with Crippen LogP contribution in [0.15, 0.2) is 42.5 Å². The molecule has 0 radical (unpaired) electrons. The highest BCUT2D eigenvalue weighted by molar-refractivity contribution is 5.95. The van der Waals surface area contributed by atoms with Crippen LogP contribution >= 0.6 is 0 Å². The maximum atomic E-state index is 13.8. The lowest BCUT2D eigenvalue weighted by atomic mass is 9.97. The van der Waals surface area contributed by atoms with Gasteiger partial charge in [0.15, 0.2) is 0 Å². The molecule has 2 aromatic rings. The van der Waals surface area contributed by atoms with E-state index in [9.17, 15) is 18.4 Å². The van der Waals surface area contributed by atoms with Gasteiger partial charge in [0.25, 0.3) is 11.8 Å². The van der Waals surface area contributed by atoms with Gasteiger partial charge in [0.05, 0.1) is 12.2 Å². The van der Waals surface area contributed by atoms with Gasteiger partial charge in [-0.3, -0.25) is 9.59 Å². The van der Waals surface area contributed by atoms with Crippen molar-refractivity contribution in [3.05, 3.63) is 65.2 Å². The molecular weight excluding hydrogens is 390 g/mol. The Bertz CT molecular complexity index is 921. The van der Waals surface area contributed by atoms with Crippen LogP contribution in [0.3, 0.4) is 0 Å². The van der Waals surface area contributed by atoms with E-state index in [0.29, 0.717) is 37.1 Å². The van der Waals surface area contributed by atoms with Gasteiger partial charge in [-0.2, -0.15) is 0 Å². The highest BCUT2D eigenvalue weighted by atomic mass is 19.1. The molecule has 5 nitrogen and oxygen atoms in total. The molecular formula is C23H24F2N2O3. The monoisotopic (exact) mass is 414 g/mol. The van der Waals surface area contributed by atoms with E-state index in [1.165, 1.54) is 0 Å². The van der Waals surface area contributed by atoms with Gasteiger partial charge in [-0.15, -0.1) is 0 Å². The first kappa shape index (κ1) is 20.3. The minimum Gasteiger partial charge on any atom is -0.493 e. The molecule has 1 saturated heterocycles. The lowest BCUT2D eigenvalue weighted by molar-refractivity contribution is 0.0655. The van der Waals surface area contributed by atoms with E-state index in [2.05, 4.69) is 5.32 Å². The molecule has 1 aliphatic carbocycles. The Morgan fingerprint density at radius 1 is 1.00 bits per heavy atom. The molecule has 0 spiro atoms. The molecule has 158 valence electrons. The zero-order valence-electron chi connectivity index (χ0n) is 16.6. The molecule has 1 N–H and O–H groups in total. The number of benzene rings is 2.